The second-order valence-electron chi connectivity index (χ2n) is 7.88. The first-order chi connectivity index (χ1) is 16.8. The number of pyridine rings is 2. The van der Waals surface area contributed by atoms with Gasteiger partial charge in [-0.2, -0.15) is 0 Å². The van der Waals surface area contributed by atoms with Crippen LogP contribution in [0.2, 0.25) is 0 Å². The van der Waals surface area contributed by atoms with E-state index in [1.807, 2.05) is 48.5 Å². The predicted molar refractivity (Wildman–Crippen MR) is 132 cm³/mol. The van der Waals surface area contributed by atoms with Crippen LogP contribution in [0, 0.1) is 0 Å². The van der Waals surface area contributed by atoms with E-state index >= 15 is 0 Å². The van der Waals surface area contributed by atoms with Crippen molar-refractivity contribution >= 4 is 34.6 Å². The molecule has 0 spiro atoms. The Labute approximate surface area is 197 Å². The Kier molecular flexibility index (Phi) is 6.49. The van der Waals surface area contributed by atoms with Crippen molar-refractivity contribution in [3.8, 4) is 11.3 Å². The van der Waals surface area contributed by atoms with Crippen molar-refractivity contribution in [3.63, 3.8) is 0 Å². The highest BCUT2D eigenvalue weighted by molar-refractivity contribution is 5.93. The van der Waals surface area contributed by atoms with Gasteiger partial charge in [0.05, 0.1) is 36.3 Å². The van der Waals surface area contributed by atoms with Gasteiger partial charge in [-0.05, 0) is 42.3 Å². The van der Waals surface area contributed by atoms with E-state index < -0.39 is 0 Å². The van der Waals surface area contributed by atoms with Crippen LogP contribution in [-0.4, -0.2) is 52.5 Å². The minimum Gasteiger partial charge on any atom is -0.378 e. The number of aromatic nitrogens is 4. The van der Waals surface area contributed by atoms with E-state index in [4.69, 9.17) is 9.72 Å². The third-order valence-corrected chi connectivity index (χ3v) is 5.62. The molecule has 34 heavy (non-hydrogen) atoms. The molecule has 4 aromatic rings. The summed E-state index contributed by atoms with van der Waals surface area (Å²) in [6.45, 7) is 3.14. The fraction of sp³-hybridized carbons (Fsp3) is 0.192. The number of morpholine rings is 1. The van der Waals surface area contributed by atoms with Gasteiger partial charge in [0.15, 0.2) is 0 Å². The zero-order chi connectivity index (χ0) is 23.2. The molecular weight excluding hydrogens is 428 g/mol. The number of fused-ring (bicyclic) bond motifs is 1. The van der Waals surface area contributed by atoms with Crippen molar-refractivity contribution in [1.29, 1.82) is 0 Å². The van der Waals surface area contributed by atoms with Gasteiger partial charge in [-0.3, -0.25) is 9.78 Å². The minimum atomic E-state index is 0.492. The average Bonchev–Trinajstić information content (AvgIpc) is 2.90. The molecule has 3 aromatic heterocycles. The number of nitrogens with one attached hydrogen (secondary N) is 1. The van der Waals surface area contributed by atoms with Crippen LogP contribution in [0.5, 0.6) is 0 Å². The standard InChI is InChI=1S/C26H24N6O2/c33-13-2-1-4-19-9-10-27-23(16-19)22-6-3-5-20-17-29-26(31-25(20)22)30-21-7-8-24(28-18-21)32-11-14-34-15-12-32/h1-3,5-10,13,16-18H,4,11-12,14-15H2,(H,29,30,31)/b2-1-. The van der Waals surface area contributed by atoms with Gasteiger partial charge >= 0.3 is 0 Å². The SMILES string of the molecule is O=C/C=C\Cc1ccnc(-c2cccc3cnc(Nc4ccc(N5CCOCC5)nc4)nc23)c1. The second-order valence-corrected chi connectivity index (χ2v) is 7.88. The number of ether oxygens (including phenoxy) is 1. The maximum atomic E-state index is 10.6. The highest BCUT2D eigenvalue weighted by Gasteiger charge is 2.13. The zero-order valence-electron chi connectivity index (χ0n) is 18.6. The number of allylic oxidation sites excluding steroid dienone is 2. The number of para-hydroxylation sites is 1. The molecule has 8 heteroatoms. The molecule has 8 nitrogen and oxygen atoms in total. The molecule has 1 N–H and O–H groups in total. The quantitative estimate of drug-likeness (QED) is 0.333. The van der Waals surface area contributed by atoms with Crippen LogP contribution >= 0.6 is 0 Å². The van der Waals surface area contributed by atoms with E-state index in [1.165, 1.54) is 6.08 Å². The van der Waals surface area contributed by atoms with Crippen LogP contribution in [0.4, 0.5) is 17.5 Å². The first-order valence-electron chi connectivity index (χ1n) is 11.2. The fourth-order valence-electron chi connectivity index (χ4n) is 3.90. The summed E-state index contributed by atoms with van der Waals surface area (Å²) in [6, 6.07) is 13.9. The Hall–Kier alpha value is -4.17. The smallest absolute Gasteiger partial charge is 0.227 e. The Balaban J connectivity index is 1.40. The van der Waals surface area contributed by atoms with Crippen molar-refractivity contribution in [3.05, 3.63) is 78.8 Å². The molecule has 1 aliphatic heterocycles. The normalized spacial score (nSPS) is 13.9. The molecule has 0 unspecified atom stereocenters. The maximum absolute atomic E-state index is 10.6. The number of aldehydes is 1. The minimum absolute atomic E-state index is 0.492. The van der Waals surface area contributed by atoms with Crippen molar-refractivity contribution in [1.82, 2.24) is 19.9 Å². The summed E-state index contributed by atoms with van der Waals surface area (Å²) in [5.74, 6) is 1.43. The van der Waals surface area contributed by atoms with Gasteiger partial charge in [0, 0.05) is 36.4 Å². The van der Waals surface area contributed by atoms with E-state index in [9.17, 15) is 4.79 Å². The highest BCUT2D eigenvalue weighted by atomic mass is 16.5. The van der Waals surface area contributed by atoms with Crippen LogP contribution in [0.1, 0.15) is 5.56 Å². The predicted octanol–water partition coefficient (Wildman–Crippen LogP) is 3.96. The Morgan fingerprint density at radius 3 is 2.76 bits per heavy atom. The Morgan fingerprint density at radius 1 is 1.03 bits per heavy atom. The van der Waals surface area contributed by atoms with Crippen molar-refractivity contribution in [2.24, 2.45) is 0 Å². The maximum Gasteiger partial charge on any atom is 0.227 e. The van der Waals surface area contributed by atoms with Gasteiger partial charge < -0.3 is 15.0 Å². The van der Waals surface area contributed by atoms with Crippen molar-refractivity contribution in [2.45, 2.75) is 6.42 Å². The molecule has 1 aromatic carbocycles. The molecule has 170 valence electrons. The van der Waals surface area contributed by atoms with Crippen LogP contribution in [0.3, 0.4) is 0 Å². The number of anilines is 3. The van der Waals surface area contributed by atoms with Crippen LogP contribution in [0.25, 0.3) is 22.2 Å². The van der Waals surface area contributed by atoms with E-state index in [2.05, 4.69) is 25.2 Å². The lowest BCUT2D eigenvalue weighted by molar-refractivity contribution is -0.104. The average molecular weight is 453 g/mol. The first kappa shape index (κ1) is 21.7. The van der Waals surface area contributed by atoms with Crippen LogP contribution < -0.4 is 10.2 Å². The number of carbonyl (C=O) groups excluding carboxylic acids is 1. The molecule has 0 aliphatic carbocycles. The largest absolute Gasteiger partial charge is 0.378 e. The molecule has 1 fully saturated rings. The fourth-order valence-corrected chi connectivity index (χ4v) is 3.90. The van der Waals surface area contributed by atoms with E-state index in [0.29, 0.717) is 12.4 Å². The summed E-state index contributed by atoms with van der Waals surface area (Å²) < 4.78 is 5.41. The Morgan fingerprint density at radius 2 is 1.94 bits per heavy atom. The molecule has 4 heterocycles. The summed E-state index contributed by atoms with van der Waals surface area (Å²) >= 11 is 0. The lowest BCUT2D eigenvalue weighted by Crippen LogP contribution is -2.36. The molecule has 1 aliphatic rings. The monoisotopic (exact) mass is 452 g/mol. The topological polar surface area (TPSA) is 93.1 Å². The van der Waals surface area contributed by atoms with Gasteiger partial charge in [-0.1, -0.05) is 24.3 Å². The van der Waals surface area contributed by atoms with Gasteiger partial charge in [-0.25, -0.2) is 15.0 Å². The molecule has 0 atom stereocenters. The van der Waals surface area contributed by atoms with Gasteiger partial charge in [0.25, 0.3) is 0 Å². The van der Waals surface area contributed by atoms with E-state index in [0.717, 1.165) is 71.8 Å². The third kappa shape index (κ3) is 4.92. The van der Waals surface area contributed by atoms with Crippen molar-refractivity contribution < 1.29 is 9.53 Å². The summed E-state index contributed by atoms with van der Waals surface area (Å²) in [5, 5.41) is 4.19. The second kappa shape index (κ2) is 10.2. The number of hydrogen-bond acceptors (Lipinski definition) is 8. The molecule has 0 bridgehead atoms. The number of rotatable bonds is 7. The van der Waals surface area contributed by atoms with Gasteiger partial charge in [-0.15, -0.1) is 0 Å². The summed E-state index contributed by atoms with van der Waals surface area (Å²) in [5.41, 5.74) is 4.44. The molecule has 0 amide bonds. The Bertz CT molecular complexity index is 1320. The third-order valence-electron chi connectivity index (χ3n) is 5.62. The number of carbonyl (C=O) groups is 1. The molecule has 0 saturated carbocycles. The highest BCUT2D eigenvalue weighted by Crippen LogP contribution is 2.27. The van der Waals surface area contributed by atoms with Gasteiger partial charge in [0.2, 0.25) is 5.95 Å². The van der Waals surface area contributed by atoms with Crippen molar-refractivity contribution in [2.75, 3.05) is 36.5 Å². The molecular formula is C26H24N6O2. The lowest BCUT2D eigenvalue weighted by atomic mass is 10.0. The number of nitrogens with zero attached hydrogens (tertiary/aromatic N) is 5. The lowest BCUT2D eigenvalue weighted by Gasteiger charge is -2.27. The summed E-state index contributed by atoms with van der Waals surface area (Å²) in [6.07, 6.45) is 10.2. The summed E-state index contributed by atoms with van der Waals surface area (Å²) in [7, 11) is 0. The molecule has 5 rings (SSSR count). The summed E-state index contributed by atoms with van der Waals surface area (Å²) in [4.78, 5) is 31.2. The zero-order valence-corrected chi connectivity index (χ0v) is 18.6. The van der Waals surface area contributed by atoms with Crippen LogP contribution in [-0.2, 0) is 16.0 Å². The van der Waals surface area contributed by atoms with E-state index in [-0.39, 0.29) is 0 Å². The molecule has 1 saturated heterocycles. The van der Waals surface area contributed by atoms with E-state index in [1.54, 1.807) is 18.6 Å². The van der Waals surface area contributed by atoms with Gasteiger partial charge in [0.1, 0.15) is 12.1 Å². The molecule has 0 radical (unpaired) electrons. The number of benzene rings is 1. The van der Waals surface area contributed by atoms with Crippen LogP contribution in [0.15, 0.2) is 73.2 Å². The number of hydrogen-bond donors (Lipinski definition) is 1. The first-order valence-corrected chi connectivity index (χ1v) is 11.2.